The average molecular weight is 489 g/mol. The number of ether oxygens (including phenoxy) is 3. The highest BCUT2D eigenvalue weighted by Crippen LogP contribution is 2.35. The standard InChI is InChI=1S/C26H24N4O6/c1-27-26(33)23-13-30(19-8-4-5-9-20(19)36-23)14-24(31)29-18-7-3-2-6-17(18)25(32)28-16-10-11-21-22(12-16)35-15-34-21/h2-12,23H,13-15H2,1H3,(H,27,33)(H,28,32)(H,29,31). The third kappa shape index (κ3) is 4.74. The molecule has 0 fully saturated rings. The fourth-order valence-electron chi connectivity index (χ4n) is 4.08. The van der Waals surface area contributed by atoms with Crippen molar-refractivity contribution < 1.29 is 28.6 Å². The first-order chi connectivity index (χ1) is 17.5. The van der Waals surface area contributed by atoms with Gasteiger partial charge in [-0.25, -0.2) is 0 Å². The van der Waals surface area contributed by atoms with Crippen molar-refractivity contribution in [2.24, 2.45) is 0 Å². The zero-order valence-electron chi connectivity index (χ0n) is 19.4. The zero-order chi connectivity index (χ0) is 25.1. The van der Waals surface area contributed by atoms with E-state index in [0.717, 1.165) is 0 Å². The molecule has 1 atom stereocenters. The van der Waals surface area contributed by atoms with Gasteiger partial charge in [-0.05, 0) is 36.4 Å². The Morgan fingerprint density at radius 2 is 1.69 bits per heavy atom. The molecule has 10 heteroatoms. The van der Waals surface area contributed by atoms with Crippen LogP contribution in [-0.2, 0) is 9.59 Å². The summed E-state index contributed by atoms with van der Waals surface area (Å²) in [5.41, 5.74) is 1.91. The van der Waals surface area contributed by atoms with E-state index >= 15 is 0 Å². The van der Waals surface area contributed by atoms with Gasteiger partial charge in [0.1, 0.15) is 5.75 Å². The number of amides is 3. The molecule has 0 bridgehead atoms. The lowest BCUT2D eigenvalue weighted by atomic mass is 10.1. The third-order valence-electron chi connectivity index (χ3n) is 5.81. The van der Waals surface area contributed by atoms with Gasteiger partial charge in [-0.15, -0.1) is 0 Å². The second-order valence-corrected chi connectivity index (χ2v) is 8.18. The predicted octanol–water partition coefficient (Wildman–Crippen LogP) is 2.62. The molecule has 5 rings (SSSR count). The van der Waals surface area contributed by atoms with Crippen LogP contribution in [-0.4, -0.2) is 50.8 Å². The van der Waals surface area contributed by atoms with Crippen molar-refractivity contribution in [1.29, 1.82) is 0 Å². The summed E-state index contributed by atoms with van der Waals surface area (Å²) in [4.78, 5) is 40.0. The molecule has 1 unspecified atom stereocenters. The normalized spacial score (nSPS) is 15.4. The number of fused-ring (bicyclic) bond motifs is 2. The van der Waals surface area contributed by atoms with Crippen molar-refractivity contribution >= 4 is 34.8 Å². The number of carbonyl (C=O) groups excluding carboxylic acids is 3. The van der Waals surface area contributed by atoms with Crippen LogP contribution in [0.3, 0.4) is 0 Å². The molecule has 0 aromatic heterocycles. The number of rotatable bonds is 6. The molecule has 3 N–H and O–H groups in total. The lowest BCUT2D eigenvalue weighted by molar-refractivity contribution is -0.127. The third-order valence-corrected chi connectivity index (χ3v) is 5.81. The molecule has 3 amide bonds. The van der Waals surface area contributed by atoms with Gasteiger partial charge in [0.05, 0.1) is 30.0 Å². The van der Waals surface area contributed by atoms with Gasteiger partial charge in [0.2, 0.25) is 12.7 Å². The number of likely N-dealkylation sites (N-methyl/N-ethyl adjacent to an activating group) is 1. The summed E-state index contributed by atoms with van der Waals surface area (Å²) in [5, 5.41) is 8.23. The molecular formula is C26H24N4O6. The van der Waals surface area contributed by atoms with Crippen LogP contribution < -0.4 is 35.1 Å². The van der Waals surface area contributed by atoms with Crippen molar-refractivity contribution in [3.8, 4) is 17.2 Å². The van der Waals surface area contributed by atoms with E-state index in [1.807, 2.05) is 12.1 Å². The largest absolute Gasteiger partial charge is 0.477 e. The summed E-state index contributed by atoms with van der Waals surface area (Å²) in [6, 6.07) is 19.1. The Labute approximate surface area is 207 Å². The van der Waals surface area contributed by atoms with E-state index in [1.165, 1.54) is 7.05 Å². The number of carbonyl (C=O) groups is 3. The molecule has 36 heavy (non-hydrogen) atoms. The number of benzene rings is 3. The van der Waals surface area contributed by atoms with E-state index < -0.39 is 6.10 Å². The van der Waals surface area contributed by atoms with Crippen LogP contribution in [0.2, 0.25) is 0 Å². The van der Waals surface area contributed by atoms with Crippen molar-refractivity contribution in [1.82, 2.24) is 5.32 Å². The van der Waals surface area contributed by atoms with E-state index in [1.54, 1.807) is 59.5 Å². The molecule has 0 saturated carbocycles. The van der Waals surface area contributed by atoms with Gasteiger partial charge in [0, 0.05) is 18.8 Å². The Kier molecular flexibility index (Phi) is 6.31. The summed E-state index contributed by atoms with van der Waals surface area (Å²) < 4.78 is 16.5. The predicted molar refractivity (Wildman–Crippen MR) is 133 cm³/mol. The Balaban J connectivity index is 1.30. The molecule has 0 aliphatic carbocycles. The van der Waals surface area contributed by atoms with E-state index in [9.17, 15) is 14.4 Å². The van der Waals surface area contributed by atoms with Crippen LogP contribution in [0.25, 0.3) is 0 Å². The van der Waals surface area contributed by atoms with Crippen molar-refractivity contribution in [2.75, 3.05) is 42.5 Å². The minimum atomic E-state index is -0.752. The number of anilines is 3. The van der Waals surface area contributed by atoms with Crippen LogP contribution in [0.5, 0.6) is 17.2 Å². The van der Waals surface area contributed by atoms with Crippen LogP contribution in [0, 0.1) is 0 Å². The molecule has 3 aromatic carbocycles. The van der Waals surface area contributed by atoms with Crippen molar-refractivity contribution in [3.63, 3.8) is 0 Å². The van der Waals surface area contributed by atoms with Gasteiger partial charge in [-0.1, -0.05) is 24.3 Å². The summed E-state index contributed by atoms with van der Waals surface area (Å²) in [6.45, 7) is 0.307. The second kappa shape index (κ2) is 9.87. The molecule has 2 aliphatic rings. The molecule has 3 aromatic rings. The molecular weight excluding hydrogens is 464 g/mol. The Hall–Kier alpha value is -4.73. The smallest absolute Gasteiger partial charge is 0.262 e. The molecule has 0 radical (unpaired) electrons. The van der Waals surface area contributed by atoms with E-state index in [4.69, 9.17) is 14.2 Å². The lowest BCUT2D eigenvalue weighted by Gasteiger charge is -2.35. The Bertz CT molecular complexity index is 1330. The quantitative estimate of drug-likeness (QED) is 0.488. The molecule has 0 spiro atoms. The maximum Gasteiger partial charge on any atom is 0.262 e. The van der Waals surface area contributed by atoms with Gasteiger partial charge in [-0.2, -0.15) is 0 Å². The van der Waals surface area contributed by atoms with E-state index in [0.29, 0.717) is 39.9 Å². The van der Waals surface area contributed by atoms with Gasteiger partial charge >= 0.3 is 0 Å². The number of hydrogen-bond donors (Lipinski definition) is 3. The van der Waals surface area contributed by atoms with Gasteiger partial charge in [0.15, 0.2) is 17.6 Å². The second-order valence-electron chi connectivity index (χ2n) is 8.18. The molecule has 184 valence electrons. The number of nitrogens with one attached hydrogen (secondary N) is 3. The first-order valence-corrected chi connectivity index (χ1v) is 11.3. The summed E-state index contributed by atoms with van der Waals surface area (Å²) in [6.07, 6.45) is -0.752. The van der Waals surface area contributed by atoms with Crippen LogP contribution in [0.1, 0.15) is 10.4 Å². The van der Waals surface area contributed by atoms with E-state index in [-0.39, 0.29) is 37.6 Å². The Morgan fingerprint density at radius 1 is 0.917 bits per heavy atom. The maximum atomic E-state index is 13.0. The minimum absolute atomic E-state index is 0.0357. The summed E-state index contributed by atoms with van der Waals surface area (Å²) in [7, 11) is 1.54. The highest BCUT2D eigenvalue weighted by Gasteiger charge is 2.31. The van der Waals surface area contributed by atoms with Gasteiger partial charge < -0.3 is 35.1 Å². The average Bonchev–Trinajstić information content (AvgIpc) is 3.36. The SMILES string of the molecule is CNC(=O)C1CN(CC(=O)Nc2ccccc2C(=O)Nc2ccc3c(c2)OCO3)c2ccccc2O1. The zero-order valence-corrected chi connectivity index (χ0v) is 19.4. The fourth-order valence-corrected chi connectivity index (χ4v) is 4.08. The minimum Gasteiger partial charge on any atom is -0.477 e. The lowest BCUT2D eigenvalue weighted by Crippen LogP contribution is -2.50. The molecule has 0 saturated heterocycles. The highest BCUT2D eigenvalue weighted by atomic mass is 16.7. The van der Waals surface area contributed by atoms with Gasteiger partial charge in [-0.3, -0.25) is 14.4 Å². The number of nitrogens with zero attached hydrogens (tertiary/aromatic N) is 1. The maximum absolute atomic E-state index is 13.0. The topological polar surface area (TPSA) is 118 Å². The molecule has 10 nitrogen and oxygen atoms in total. The Morgan fingerprint density at radius 3 is 2.56 bits per heavy atom. The van der Waals surface area contributed by atoms with Crippen LogP contribution in [0.15, 0.2) is 66.7 Å². The van der Waals surface area contributed by atoms with Crippen LogP contribution in [0.4, 0.5) is 17.1 Å². The number of para-hydroxylation sites is 3. The summed E-state index contributed by atoms with van der Waals surface area (Å²) >= 11 is 0. The molecule has 2 heterocycles. The number of hydrogen-bond acceptors (Lipinski definition) is 7. The first kappa shape index (κ1) is 23.0. The van der Waals surface area contributed by atoms with Gasteiger partial charge in [0.25, 0.3) is 11.8 Å². The van der Waals surface area contributed by atoms with Crippen LogP contribution >= 0.6 is 0 Å². The van der Waals surface area contributed by atoms with Crippen molar-refractivity contribution in [2.45, 2.75) is 6.10 Å². The highest BCUT2D eigenvalue weighted by molar-refractivity contribution is 6.10. The summed E-state index contributed by atoms with van der Waals surface area (Å²) in [5.74, 6) is 0.681. The monoisotopic (exact) mass is 488 g/mol. The van der Waals surface area contributed by atoms with Crippen molar-refractivity contribution in [3.05, 3.63) is 72.3 Å². The fraction of sp³-hybridized carbons (Fsp3) is 0.192. The molecule has 2 aliphatic heterocycles. The first-order valence-electron chi connectivity index (χ1n) is 11.3. The van der Waals surface area contributed by atoms with E-state index in [2.05, 4.69) is 16.0 Å².